The van der Waals surface area contributed by atoms with Gasteiger partial charge in [-0.05, 0) is 42.3 Å². The van der Waals surface area contributed by atoms with Gasteiger partial charge >= 0.3 is 0 Å². The average molecular weight is 394 g/mol. The Morgan fingerprint density at radius 2 is 1.53 bits per heavy atom. The molecule has 4 rings (SSSR count). The summed E-state index contributed by atoms with van der Waals surface area (Å²) in [5.41, 5.74) is 5.16. The second-order valence-corrected chi connectivity index (χ2v) is 6.81. The molecule has 0 saturated carbocycles. The SMILES string of the molecule is O=C(C=Cc1cnc2ccccc2n1)Nc1ccccc1NCCc1ccccc1. The van der Waals surface area contributed by atoms with Crippen LogP contribution >= 0.6 is 0 Å². The van der Waals surface area contributed by atoms with Gasteiger partial charge in [-0.15, -0.1) is 0 Å². The number of nitrogens with one attached hydrogen (secondary N) is 2. The second kappa shape index (κ2) is 9.47. The van der Waals surface area contributed by atoms with Crippen molar-refractivity contribution in [2.75, 3.05) is 17.2 Å². The third-order valence-corrected chi connectivity index (χ3v) is 4.63. The number of benzene rings is 3. The summed E-state index contributed by atoms with van der Waals surface area (Å²) in [6.07, 6.45) is 5.70. The number of fused-ring (bicyclic) bond motifs is 1. The first-order valence-electron chi connectivity index (χ1n) is 9.85. The molecule has 0 fully saturated rings. The van der Waals surface area contributed by atoms with E-state index in [-0.39, 0.29) is 5.91 Å². The highest BCUT2D eigenvalue weighted by Gasteiger charge is 2.05. The zero-order chi connectivity index (χ0) is 20.6. The fourth-order valence-electron chi connectivity index (χ4n) is 3.12. The minimum Gasteiger partial charge on any atom is -0.383 e. The maximum Gasteiger partial charge on any atom is 0.248 e. The first-order valence-corrected chi connectivity index (χ1v) is 9.85. The van der Waals surface area contributed by atoms with Crippen LogP contribution < -0.4 is 10.6 Å². The molecule has 1 heterocycles. The standard InChI is InChI=1S/C25H22N4O/c30-25(15-14-20-18-27-22-11-5-6-12-23(22)28-20)29-24-13-7-4-10-21(24)26-17-16-19-8-2-1-3-9-19/h1-15,18,26H,16-17H2,(H,29,30). The quantitative estimate of drug-likeness (QED) is 0.436. The molecular formula is C25H22N4O. The largest absolute Gasteiger partial charge is 0.383 e. The van der Waals surface area contributed by atoms with E-state index in [1.807, 2.05) is 66.7 Å². The number of carbonyl (C=O) groups is 1. The number of aromatic nitrogens is 2. The highest BCUT2D eigenvalue weighted by Crippen LogP contribution is 2.21. The average Bonchev–Trinajstić information content (AvgIpc) is 2.79. The summed E-state index contributed by atoms with van der Waals surface area (Å²) in [6, 6.07) is 25.6. The van der Waals surface area contributed by atoms with E-state index in [0.717, 1.165) is 35.4 Å². The van der Waals surface area contributed by atoms with Gasteiger partial charge in [0, 0.05) is 12.6 Å². The minimum absolute atomic E-state index is 0.220. The highest BCUT2D eigenvalue weighted by molar-refractivity contribution is 6.03. The topological polar surface area (TPSA) is 66.9 Å². The molecule has 5 nitrogen and oxygen atoms in total. The lowest BCUT2D eigenvalue weighted by Crippen LogP contribution is -2.12. The molecule has 1 amide bonds. The number of amides is 1. The van der Waals surface area contributed by atoms with Gasteiger partial charge in [-0.2, -0.15) is 0 Å². The van der Waals surface area contributed by atoms with Crippen molar-refractivity contribution in [3.05, 3.63) is 102 Å². The third kappa shape index (κ3) is 5.08. The van der Waals surface area contributed by atoms with Crippen LogP contribution in [0.25, 0.3) is 17.1 Å². The molecule has 0 aliphatic heterocycles. The maximum atomic E-state index is 12.4. The molecule has 2 N–H and O–H groups in total. The van der Waals surface area contributed by atoms with Crippen molar-refractivity contribution >= 4 is 34.4 Å². The summed E-state index contributed by atoms with van der Waals surface area (Å²) in [5.74, 6) is -0.220. The molecule has 4 aromatic rings. The fraction of sp³-hybridized carbons (Fsp3) is 0.0800. The van der Waals surface area contributed by atoms with Crippen LogP contribution in [0, 0.1) is 0 Å². The predicted molar refractivity (Wildman–Crippen MR) is 122 cm³/mol. The highest BCUT2D eigenvalue weighted by atomic mass is 16.1. The normalized spacial score (nSPS) is 10.9. The lowest BCUT2D eigenvalue weighted by molar-refractivity contribution is -0.111. The van der Waals surface area contributed by atoms with Crippen molar-refractivity contribution in [2.24, 2.45) is 0 Å². The zero-order valence-electron chi connectivity index (χ0n) is 16.5. The Morgan fingerprint density at radius 1 is 0.833 bits per heavy atom. The molecule has 5 heteroatoms. The van der Waals surface area contributed by atoms with Crippen LogP contribution in [0.15, 0.2) is 91.1 Å². The molecule has 1 aromatic heterocycles. The Hall–Kier alpha value is -3.99. The van der Waals surface area contributed by atoms with E-state index in [0.29, 0.717) is 5.69 Å². The van der Waals surface area contributed by atoms with E-state index in [1.54, 1.807) is 12.3 Å². The molecule has 30 heavy (non-hydrogen) atoms. The summed E-state index contributed by atoms with van der Waals surface area (Å²) in [6.45, 7) is 0.777. The van der Waals surface area contributed by atoms with Crippen LogP contribution in [0.4, 0.5) is 11.4 Å². The Balaban J connectivity index is 1.38. The fourth-order valence-corrected chi connectivity index (χ4v) is 3.12. The Kier molecular flexibility index (Phi) is 6.11. The minimum atomic E-state index is -0.220. The molecular weight excluding hydrogens is 372 g/mol. The van der Waals surface area contributed by atoms with E-state index >= 15 is 0 Å². The summed E-state index contributed by atoms with van der Waals surface area (Å²) >= 11 is 0. The van der Waals surface area contributed by atoms with Gasteiger partial charge in [0.15, 0.2) is 0 Å². The molecule has 0 saturated heterocycles. The second-order valence-electron chi connectivity index (χ2n) is 6.81. The Labute approximate surface area is 175 Å². The van der Waals surface area contributed by atoms with Gasteiger partial charge in [0.2, 0.25) is 5.91 Å². The van der Waals surface area contributed by atoms with Gasteiger partial charge in [-0.25, -0.2) is 4.98 Å². The van der Waals surface area contributed by atoms with Gasteiger partial charge in [-0.3, -0.25) is 9.78 Å². The van der Waals surface area contributed by atoms with E-state index < -0.39 is 0 Å². The van der Waals surface area contributed by atoms with Gasteiger partial charge in [-0.1, -0.05) is 54.6 Å². The smallest absolute Gasteiger partial charge is 0.248 e. The van der Waals surface area contributed by atoms with Crippen LogP contribution in [0.5, 0.6) is 0 Å². The molecule has 0 unspecified atom stereocenters. The van der Waals surface area contributed by atoms with Crippen LogP contribution in [-0.4, -0.2) is 22.4 Å². The molecule has 3 aromatic carbocycles. The van der Waals surface area contributed by atoms with Gasteiger partial charge < -0.3 is 10.6 Å². The van der Waals surface area contributed by atoms with Crippen molar-refractivity contribution in [1.82, 2.24) is 9.97 Å². The monoisotopic (exact) mass is 394 g/mol. The molecule has 0 radical (unpaired) electrons. The van der Waals surface area contributed by atoms with E-state index in [2.05, 4.69) is 32.7 Å². The van der Waals surface area contributed by atoms with Crippen LogP contribution in [0.3, 0.4) is 0 Å². The molecule has 0 atom stereocenters. The van der Waals surface area contributed by atoms with Gasteiger partial charge in [0.05, 0.1) is 34.3 Å². The summed E-state index contributed by atoms with van der Waals surface area (Å²) in [5, 5.41) is 6.33. The summed E-state index contributed by atoms with van der Waals surface area (Å²) in [7, 11) is 0. The Bertz CT molecular complexity index is 1170. The first-order chi connectivity index (χ1) is 14.8. The van der Waals surface area contributed by atoms with Crippen LogP contribution in [0.1, 0.15) is 11.3 Å². The summed E-state index contributed by atoms with van der Waals surface area (Å²) < 4.78 is 0. The van der Waals surface area contributed by atoms with Crippen molar-refractivity contribution < 1.29 is 4.79 Å². The van der Waals surface area contributed by atoms with Gasteiger partial charge in [0.1, 0.15) is 0 Å². The lowest BCUT2D eigenvalue weighted by atomic mass is 10.1. The number of nitrogens with zero attached hydrogens (tertiary/aromatic N) is 2. The molecule has 148 valence electrons. The number of anilines is 2. The number of hydrogen-bond donors (Lipinski definition) is 2. The van der Waals surface area contributed by atoms with Crippen molar-refractivity contribution in [3.8, 4) is 0 Å². The number of carbonyl (C=O) groups excluding carboxylic acids is 1. The Morgan fingerprint density at radius 3 is 2.37 bits per heavy atom. The molecule has 0 aliphatic rings. The maximum absolute atomic E-state index is 12.4. The van der Waals surface area contributed by atoms with E-state index in [1.165, 1.54) is 11.6 Å². The predicted octanol–water partition coefficient (Wildman–Crippen LogP) is 4.94. The lowest BCUT2D eigenvalue weighted by Gasteiger charge is -2.12. The van der Waals surface area contributed by atoms with Crippen molar-refractivity contribution in [1.29, 1.82) is 0 Å². The van der Waals surface area contributed by atoms with Crippen LogP contribution in [0.2, 0.25) is 0 Å². The van der Waals surface area contributed by atoms with E-state index in [4.69, 9.17) is 0 Å². The van der Waals surface area contributed by atoms with Crippen molar-refractivity contribution in [3.63, 3.8) is 0 Å². The molecule has 0 bridgehead atoms. The molecule has 0 aliphatic carbocycles. The van der Waals surface area contributed by atoms with E-state index in [9.17, 15) is 4.79 Å². The number of rotatable bonds is 7. The number of hydrogen-bond acceptors (Lipinski definition) is 4. The van der Waals surface area contributed by atoms with Crippen LogP contribution in [-0.2, 0) is 11.2 Å². The number of para-hydroxylation sites is 4. The zero-order valence-corrected chi connectivity index (χ0v) is 16.5. The van der Waals surface area contributed by atoms with Crippen molar-refractivity contribution in [2.45, 2.75) is 6.42 Å². The van der Waals surface area contributed by atoms with Gasteiger partial charge in [0.25, 0.3) is 0 Å². The summed E-state index contributed by atoms with van der Waals surface area (Å²) in [4.78, 5) is 21.3. The third-order valence-electron chi connectivity index (χ3n) is 4.63. The molecule has 0 spiro atoms. The first kappa shape index (κ1) is 19.3.